The average Bonchev–Trinajstić information content (AvgIpc) is 3.53. The SMILES string of the molecule is Cc1ccnc(Nc2nn(-c3ccnc(N4C[C@@H]5C[C@H]4CN5C(=O)O)c3)c3ncccc23)c1. The van der Waals surface area contributed by atoms with Gasteiger partial charge in [0, 0.05) is 37.7 Å². The molecular formula is C23H22N8O2. The summed E-state index contributed by atoms with van der Waals surface area (Å²) >= 11 is 0. The third-order valence-corrected chi connectivity index (χ3v) is 6.36. The van der Waals surface area contributed by atoms with Crippen LogP contribution in [-0.2, 0) is 0 Å². The summed E-state index contributed by atoms with van der Waals surface area (Å²) in [7, 11) is 0. The molecule has 0 aliphatic carbocycles. The smallest absolute Gasteiger partial charge is 0.407 e. The highest BCUT2D eigenvalue weighted by atomic mass is 16.4. The molecule has 166 valence electrons. The molecule has 4 aromatic rings. The number of nitrogens with one attached hydrogen (secondary N) is 1. The van der Waals surface area contributed by atoms with Crippen LogP contribution in [0.3, 0.4) is 0 Å². The van der Waals surface area contributed by atoms with E-state index < -0.39 is 6.09 Å². The maximum atomic E-state index is 11.4. The minimum Gasteiger partial charge on any atom is -0.465 e. The van der Waals surface area contributed by atoms with Crippen molar-refractivity contribution in [2.75, 3.05) is 23.3 Å². The van der Waals surface area contributed by atoms with Gasteiger partial charge in [-0.25, -0.2) is 24.4 Å². The molecule has 0 saturated carbocycles. The Bertz CT molecular complexity index is 1370. The van der Waals surface area contributed by atoms with Crippen LogP contribution in [0.1, 0.15) is 12.0 Å². The summed E-state index contributed by atoms with van der Waals surface area (Å²) in [6.07, 6.45) is 5.26. The lowest BCUT2D eigenvalue weighted by atomic mass is 10.2. The lowest BCUT2D eigenvalue weighted by molar-refractivity contribution is 0.137. The maximum absolute atomic E-state index is 11.4. The number of carbonyl (C=O) groups is 1. The third kappa shape index (κ3) is 3.30. The molecule has 2 bridgehead atoms. The lowest BCUT2D eigenvalue weighted by Gasteiger charge is -2.33. The lowest BCUT2D eigenvalue weighted by Crippen LogP contribution is -2.48. The number of amides is 1. The Balaban J connectivity index is 1.35. The number of likely N-dealkylation sites (tertiary alicyclic amines) is 1. The van der Waals surface area contributed by atoms with Gasteiger partial charge in [-0.1, -0.05) is 0 Å². The summed E-state index contributed by atoms with van der Waals surface area (Å²) in [5, 5.41) is 18.4. The predicted octanol–water partition coefficient (Wildman–Crippen LogP) is 3.20. The molecule has 10 nitrogen and oxygen atoms in total. The Morgan fingerprint density at radius 2 is 1.94 bits per heavy atom. The van der Waals surface area contributed by atoms with E-state index in [0.717, 1.165) is 40.3 Å². The summed E-state index contributed by atoms with van der Waals surface area (Å²) in [5.74, 6) is 2.21. The van der Waals surface area contributed by atoms with Crippen molar-refractivity contribution in [1.29, 1.82) is 0 Å². The first-order valence-corrected chi connectivity index (χ1v) is 10.8. The van der Waals surface area contributed by atoms with E-state index in [1.807, 2.05) is 43.3 Å². The van der Waals surface area contributed by atoms with E-state index in [4.69, 9.17) is 5.10 Å². The molecule has 0 aromatic carbocycles. The Hall–Kier alpha value is -4.21. The summed E-state index contributed by atoms with van der Waals surface area (Å²) in [6.45, 7) is 3.18. The standard InChI is InChI=1S/C23H22N8O2/c1-14-4-7-24-19(9-14)27-21-18-3-2-6-26-22(18)31(28-21)15-5-8-25-20(11-15)29-12-17-10-16(29)13-30(17)23(32)33/h2-9,11,16-17H,10,12-13H2,1H3,(H,32,33)(H,24,27,28)/t16-,17-/m0/s1. The van der Waals surface area contributed by atoms with Gasteiger partial charge in [-0.15, -0.1) is 5.10 Å². The highest BCUT2D eigenvalue weighted by Crippen LogP contribution is 2.35. The quantitative estimate of drug-likeness (QED) is 0.496. The fourth-order valence-electron chi connectivity index (χ4n) is 4.83. The van der Waals surface area contributed by atoms with Crippen molar-refractivity contribution in [1.82, 2.24) is 29.6 Å². The number of fused-ring (bicyclic) bond motifs is 3. The van der Waals surface area contributed by atoms with Crippen molar-refractivity contribution in [2.24, 2.45) is 0 Å². The molecule has 10 heteroatoms. The van der Waals surface area contributed by atoms with Crippen LogP contribution in [0, 0.1) is 6.92 Å². The van der Waals surface area contributed by atoms with Gasteiger partial charge in [-0.2, -0.15) is 0 Å². The summed E-state index contributed by atoms with van der Waals surface area (Å²) in [6, 6.07) is 11.8. The van der Waals surface area contributed by atoms with E-state index in [1.54, 1.807) is 23.3 Å². The first kappa shape index (κ1) is 19.5. The molecule has 0 spiro atoms. The van der Waals surface area contributed by atoms with E-state index in [1.165, 1.54) is 4.90 Å². The van der Waals surface area contributed by atoms with Crippen molar-refractivity contribution in [3.05, 3.63) is 60.6 Å². The number of anilines is 3. The highest BCUT2D eigenvalue weighted by Gasteiger charge is 2.45. The number of carboxylic acid groups (broad SMARTS) is 1. The van der Waals surface area contributed by atoms with E-state index in [0.29, 0.717) is 18.9 Å². The molecule has 2 aliphatic rings. The number of aromatic nitrogens is 5. The molecule has 0 unspecified atom stereocenters. The monoisotopic (exact) mass is 442 g/mol. The zero-order chi connectivity index (χ0) is 22.5. The molecule has 33 heavy (non-hydrogen) atoms. The average molecular weight is 442 g/mol. The van der Waals surface area contributed by atoms with Crippen LogP contribution in [-0.4, -0.2) is 66.0 Å². The van der Waals surface area contributed by atoms with Crippen LogP contribution in [0.5, 0.6) is 0 Å². The normalized spacial score (nSPS) is 19.4. The summed E-state index contributed by atoms with van der Waals surface area (Å²) in [4.78, 5) is 28.7. The number of hydrogen-bond acceptors (Lipinski definition) is 7. The van der Waals surface area contributed by atoms with Crippen molar-refractivity contribution in [3.63, 3.8) is 0 Å². The molecular weight excluding hydrogens is 420 g/mol. The minimum atomic E-state index is -0.846. The van der Waals surface area contributed by atoms with E-state index in [2.05, 4.69) is 25.2 Å². The van der Waals surface area contributed by atoms with Gasteiger partial charge in [-0.05, 0) is 49.2 Å². The molecule has 0 radical (unpaired) electrons. The Kier molecular flexibility index (Phi) is 4.39. The Morgan fingerprint density at radius 1 is 1.06 bits per heavy atom. The van der Waals surface area contributed by atoms with Gasteiger partial charge in [0.15, 0.2) is 11.5 Å². The number of aryl methyl sites for hydroxylation is 1. The van der Waals surface area contributed by atoms with Crippen LogP contribution in [0.25, 0.3) is 16.7 Å². The van der Waals surface area contributed by atoms with Gasteiger partial charge in [0.2, 0.25) is 0 Å². The first-order chi connectivity index (χ1) is 16.1. The predicted molar refractivity (Wildman–Crippen MR) is 123 cm³/mol. The number of nitrogens with zero attached hydrogens (tertiary/aromatic N) is 7. The van der Waals surface area contributed by atoms with Crippen molar-refractivity contribution >= 4 is 34.6 Å². The van der Waals surface area contributed by atoms with Crippen LogP contribution < -0.4 is 10.2 Å². The molecule has 1 amide bonds. The van der Waals surface area contributed by atoms with Gasteiger partial charge < -0.3 is 20.2 Å². The maximum Gasteiger partial charge on any atom is 0.407 e. The van der Waals surface area contributed by atoms with Gasteiger partial charge in [-0.3, -0.25) is 0 Å². The van der Waals surface area contributed by atoms with Gasteiger partial charge in [0.25, 0.3) is 0 Å². The first-order valence-electron chi connectivity index (χ1n) is 10.8. The van der Waals surface area contributed by atoms with Gasteiger partial charge in [0.05, 0.1) is 23.2 Å². The molecule has 2 fully saturated rings. The largest absolute Gasteiger partial charge is 0.465 e. The molecule has 6 rings (SSSR count). The topological polar surface area (TPSA) is 112 Å². The number of pyridine rings is 3. The fourth-order valence-corrected chi connectivity index (χ4v) is 4.83. The molecule has 2 atom stereocenters. The number of piperazine rings is 1. The van der Waals surface area contributed by atoms with Gasteiger partial charge in [0.1, 0.15) is 11.6 Å². The van der Waals surface area contributed by atoms with Crippen LogP contribution in [0.15, 0.2) is 55.0 Å². The molecule has 2 aliphatic heterocycles. The van der Waals surface area contributed by atoms with E-state index >= 15 is 0 Å². The third-order valence-electron chi connectivity index (χ3n) is 6.36. The van der Waals surface area contributed by atoms with E-state index in [9.17, 15) is 9.90 Å². The van der Waals surface area contributed by atoms with Crippen LogP contribution in [0.2, 0.25) is 0 Å². The molecule has 2 saturated heterocycles. The summed E-state index contributed by atoms with van der Waals surface area (Å²) in [5.41, 5.74) is 2.67. The second-order valence-electron chi connectivity index (χ2n) is 8.48. The van der Waals surface area contributed by atoms with E-state index in [-0.39, 0.29) is 12.1 Å². The van der Waals surface area contributed by atoms with Crippen molar-refractivity contribution in [2.45, 2.75) is 25.4 Å². The number of hydrogen-bond donors (Lipinski definition) is 2. The van der Waals surface area contributed by atoms with Crippen LogP contribution >= 0.6 is 0 Å². The second-order valence-corrected chi connectivity index (χ2v) is 8.48. The van der Waals surface area contributed by atoms with Gasteiger partial charge >= 0.3 is 6.09 Å². The minimum absolute atomic E-state index is 0.0165. The molecule has 6 heterocycles. The zero-order valence-electron chi connectivity index (χ0n) is 18.0. The zero-order valence-corrected chi connectivity index (χ0v) is 18.0. The van der Waals surface area contributed by atoms with Crippen molar-refractivity contribution < 1.29 is 9.90 Å². The number of rotatable bonds is 4. The Morgan fingerprint density at radius 3 is 2.73 bits per heavy atom. The molecule has 4 aromatic heterocycles. The fraction of sp³-hybridized carbons (Fsp3) is 0.261. The van der Waals surface area contributed by atoms with Crippen LogP contribution in [0.4, 0.5) is 22.2 Å². The molecule has 2 N–H and O–H groups in total. The van der Waals surface area contributed by atoms with Crippen molar-refractivity contribution in [3.8, 4) is 5.69 Å². The highest BCUT2D eigenvalue weighted by molar-refractivity contribution is 5.90. The Labute approximate surface area is 189 Å². The summed E-state index contributed by atoms with van der Waals surface area (Å²) < 4.78 is 1.80. The second kappa shape index (κ2) is 7.44.